The summed E-state index contributed by atoms with van der Waals surface area (Å²) in [6, 6.07) is 1.74. The molecule has 0 atom stereocenters. The first-order chi connectivity index (χ1) is 5.65. The molecule has 0 fully saturated rings. The molecule has 0 bridgehead atoms. The number of aromatic hydroxyl groups is 1. The standard InChI is InChI=1S/C9H14N2O/c1-6(2)7-4-8(12)9(10-3)11-5-7/h4-6,12H,1-3H3,(H,10,11). The molecule has 0 radical (unpaired) electrons. The van der Waals surface area contributed by atoms with Gasteiger partial charge in [-0.25, -0.2) is 4.98 Å². The van der Waals surface area contributed by atoms with E-state index in [-0.39, 0.29) is 5.75 Å². The van der Waals surface area contributed by atoms with Crippen LogP contribution in [0.2, 0.25) is 0 Å². The maximum absolute atomic E-state index is 9.42. The van der Waals surface area contributed by atoms with Crippen molar-refractivity contribution in [3.63, 3.8) is 0 Å². The Bertz CT molecular complexity index is 271. The van der Waals surface area contributed by atoms with Gasteiger partial charge < -0.3 is 10.4 Å². The maximum atomic E-state index is 9.42. The Balaban J connectivity index is 3.02. The third-order valence-electron chi connectivity index (χ3n) is 1.79. The highest BCUT2D eigenvalue weighted by Crippen LogP contribution is 2.24. The molecule has 0 saturated carbocycles. The fourth-order valence-corrected chi connectivity index (χ4v) is 0.977. The van der Waals surface area contributed by atoms with Crippen LogP contribution in [-0.2, 0) is 0 Å². The quantitative estimate of drug-likeness (QED) is 0.705. The molecule has 12 heavy (non-hydrogen) atoms. The Morgan fingerprint density at radius 1 is 1.50 bits per heavy atom. The van der Waals surface area contributed by atoms with Gasteiger partial charge in [-0.15, -0.1) is 0 Å². The lowest BCUT2D eigenvalue weighted by Gasteiger charge is -2.07. The fraction of sp³-hybridized carbons (Fsp3) is 0.444. The number of hydrogen-bond donors (Lipinski definition) is 2. The van der Waals surface area contributed by atoms with Crippen molar-refractivity contribution in [3.05, 3.63) is 17.8 Å². The van der Waals surface area contributed by atoms with Crippen molar-refractivity contribution in [2.45, 2.75) is 19.8 Å². The van der Waals surface area contributed by atoms with E-state index in [1.165, 1.54) is 0 Å². The highest BCUT2D eigenvalue weighted by atomic mass is 16.3. The zero-order valence-corrected chi connectivity index (χ0v) is 7.63. The Kier molecular flexibility index (Phi) is 2.53. The predicted molar refractivity (Wildman–Crippen MR) is 49.5 cm³/mol. The smallest absolute Gasteiger partial charge is 0.168 e. The van der Waals surface area contributed by atoms with Gasteiger partial charge in [0.2, 0.25) is 0 Å². The van der Waals surface area contributed by atoms with Crippen LogP contribution in [0.1, 0.15) is 25.3 Å². The predicted octanol–water partition coefficient (Wildman–Crippen LogP) is 1.95. The molecule has 66 valence electrons. The normalized spacial score (nSPS) is 10.3. The molecule has 0 aliphatic carbocycles. The van der Waals surface area contributed by atoms with Gasteiger partial charge in [-0.05, 0) is 17.5 Å². The van der Waals surface area contributed by atoms with E-state index in [1.54, 1.807) is 19.3 Å². The lowest BCUT2D eigenvalue weighted by atomic mass is 10.1. The molecule has 1 rings (SSSR count). The minimum Gasteiger partial charge on any atom is -0.504 e. The van der Waals surface area contributed by atoms with Crippen molar-refractivity contribution in [1.29, 1.82) is 0 Å². The summed E-state index contributed by atoms with van der Waals surface area (Å²) in [5.74, 6) is 1.14. The summed E-state index contributed by atoms with van der Waals surface area (Å²) in [7, 11) is 1.73. The number of rotatable bonds is 2. The molecule has 3 heteroatoms. The summed E-state index contributed by atoms with van der Waals surface area (Å²) >= 11 is 0. The molecule has 1 heterocycles. The van der Waals surface area contributed by atoms with Crippen LogP contribution >= 0.6 is 0 Å². The van der Waals surface area contributed by atoms with Gasteiger partial charge in [-0.3, -0.25) is 0 Å². The molecule has 1 aromatic heterocycles. The average Bonchev–Trinajstić information content (AvgIpc) is 2.04. The first-order valence-electron chi connectivity index (χ1n) is 4.01. The number of hydrogen-bond acceptors (Lipinski definition) is 3. The lowest BCUT2D eigenvalue weighted by molar-refractivity contribution is 0.474. The van der Waals surface area contributed by atoms with Crippen LogP contribution in [0.15, 0.2) is 12.3 Å². The number of aromatic nitrogens is 1. The zero-order chi connectivity index (χ0) is 9.14. The van der Waals surface area contributed by atoms with E-state index < -0.39 is 0 Å². The van der Waals surface area contributed by atoms with Crippen molar-refractivity contribution in [2.24, 2.45) is 0 Å². The van der Waals surface area contributed by atoms with Gasteiger partial charge in [0.1, 0.15) is 0 Å². The summed E-state index contributed by atoms with van der Waals surface area (Å²) < 4.78 is 0. The van der Waals surface area contributed by atoms with Crippen molar-refractivity contribution in [3.8, 4) is 5.75 Å². The second-order valence-electron chi connectivity index (χ2n) is 3.04. The molecule has 0 saturated heterocycles. The van der Waals surface area contributed by atoms with Gasteiger partial charge in [-0.2, -0.15) is 0 Å². The third kappa shape index (κ3) is 1.67. The third-order valence-corrected chi connectivity index (χ3v) is 1.79. The average molecular weight is 166 g/mol. The van der Waals surface area contributed by atoms with Crippen molar-refractivity contribution < 1.29 is 5.11 Å². The summed E-state index contributed by atoms with van der Waals surface area (Å²) in [6.07, 6.45) is 1.77. The number of pyridine rings is 1. The van der Waals surface area contributed by atoms with Gasteiger partial charge in [0.15, 0.2) is 11.6 Å². The van der Waals surface area contributed by atoms with Crippen LogP contribution in [0, 0.1) is 0 Å². The number of nitrogens with one attached hydrogen (secondary N) is 1. The highest BCUT2D eigenvalue weighted by molar-refractivity contribution is 5.49. The molecule has 0 spiro atoms. The van der Waals surface area contributed by atoms with Gasteiger partial charge in [0, 0.05) is 13.2 Å². The molecular weight excluding hydrogens is 152 g/mol. The molecular formula is C9H14N2O. The molecule has 0 amide bonds. The van der Waals surface area contributed by atoms with Gasteiger partial charge in [0.25, 0.3) is 0 Å². The van der Waals surface area contributed by atoms with Gasteiger partial charge in [-0.1, -0.05) is 13.8 Å². The van der Waals surface area contributed by atoms with Crippen molar-refractivity contribution in [1.82, 2.24) is 4.98 Å². The molecule has 0 unspecified atom stereocenters. The van der Waals surface area contributed by atoms with Gasteiger partial charge in [0.05, 0.1) is 0 Å². The van der Waals surface area contributed by atoms with E-state index in [0.29, 0.717) is 11.7 Å². The topological polar surface area (TPSA) is 45.2 Å². The minimum atomic E-state index is 0.212. The molecule has 3 nitrogen and oxygen atoms in total. The molecule has 0 aliphatic rings. The van der Waals surface area contributed by atoms with Crippen LogP contribution in [0.4, 0.5) is 5.82 Å². The zero-order valence-electron chi connectivity index (χ0n) is 7.63. The number of nitrogens with zero attached hydrogens (tertiary/aromatic N) is 1. The summed E-state index contributed by atoms with van der Waals surface area (Å²) in [6.45, 7) is 4.13. The lowest BCUT2D eigenvalue weighted by Crippen LogP contribution is -1.95. The molecule has 2 N–H and O–H groups in total. The van der Waals surface area contributed by atoms with Gasteiger partial charge >= 0.3 is 0 Å². The van der Waals surface area contributed by atoms with Crippen molar-refractivity contribution in [2.75, 3.05) is 12.4 Å². The van der Waals surface area contributed by atoms with Crippen LogP contribution in [0.5, 0.6) is 5.75 Å². The second kappa shape index (κ2) is 3.43. The fourth-order valence-electron chi connectivity index (χ4n) is 0.977. The van der Waals surface area contributed by atoms with Crippen molar-refractivity contribution >= 4 is 5.82 Å². The van der Waals surface area contributed by atoms with E-state index in [9.17, 15) is 5.11 Å². The first kappa shape index (κ1) is 8.84. The SMILES string of the molecule is CNc1ncc(C(C)C)cc1O. The van der Waals surface area contributed by atoms with E-state index in [1.807, 2.05) is 0 Å². The van der Waals surface area contributed by atoms with Crippen LogP contribution in [0.25, 0.3) is 0 Å². The Morgan fingerprint density at radius 3 is 2.58 bits per heavy atom. The maximum Gasteiger partial charge on any atom is 0.168 e. The first-order valence-corrected chi connectivity index (χ1v) is 4.01. The summed E-state index contributed by atoms with van der Waals surface area (Å²) in [5, 5.41) is 12.2. The van der Waals surface area contributed by atoms with E-state index in [4.69, 9.17) is 0 Å². The number of anilines is 1. The summed E-state index contributed by atoms with van der Waals surface area (Å²) in [5.41, 5.74) is 1.05. The minimum absolute atomic E-state index is 0.212. The van der Waals surface area contributed by atoms with E-state index >= 15 is 0 Å². The van der Waals surface area contributed by atoms with E-state index in [0.717, 1.165) is 5.56 Å². The van der Waals surface area contributed by atoms with E-state index in [2.05, 4.69) is 24.1 Å². The monoisotopic (exact) mass is 166 g/mol. The van der Waals surface area contributed by atoms with Crippen LogP contribution in [-0.4, -0.2) is 17.1 Å². The van der Waals surface area contributed by atoms with Crippen LogP contribution in [0.3, 0.4) is 0 Å². The molecule has 0 aromatic carbocycles. The highest BCUT2D eigenvalue weighted by Gasteiger charge is 2.04. The Hall–Kier alpha value is -1.25. The largest absolute Gasteiger partial charge is 0.504 e. The Labute approximate surface area is 72.5 Å². The molecule has 0 aliphatic heterocycles. The summed E-state index contributed by atoms with van der Waals surface area (Å²) in [4.78, 5) is 4.06. The molecule has 1 aromatic rings. The second-order valence-corrected chi connectivity index (χ2v) is 3.04. The Morgan fingerprint density at radius 2 is 2.17 bits per heavy atom. The van der Waals surface area contributed by atoms with Crippen LogP contribution < -0.4 is 5.32 Å².